The lowest BCUT2D eigenvalue weighted by Crippen LogP contribution is -2.48. The number of para-hydroxylation sites is 1. The number of aromatic nitrogens is 1. The summed E-state index contributed by atoms with van der Waals surface area (Å²) in [6, 6.07) is 9.47. The molecule has 1 aromatic carbocycles. The number of nitrogens with zero attached hydrogens (tertiary/aromatic N) is 1. The predicted octanol–water partition coefficient (Wildman–Crippen LogP) is 1.65. The third-order valence-corrected chi connectivity index (χ3v) is 5.53. The van der Waals surface area contributed by atoms with Gasteiger partial charge in [-0.15, -0.1) is 0 Å². The molecule has 0 saturated carbocycles. The third kappa shape index (κ3) is 3.45. The van der Waals surface area contributed by atoms with Crippen LogP contribution in [0.15, 0.2) is 36.5 Å². The number of benzene rings is 1. The van der Waals surface area contributed by atoms with Crippen molar-refractivity contribution in [3.05, 3.63) is 42.1 Å². The first-order valence-electron chi connectivity index (χ1n) is 7.58. The largest absolute Gasteiger partial charge is 0.316 e. The van der Waals surface area contributed by atoms with Gasteiger partial charge in [0.2, 0.25) is 10.0 Å². The quantitative estimate of drug-likeness (QED) is 0.899. The SMILES string of the molecule is CC1CNCCC1NS(=O)(=O)Cc1cccc2cccnc12. The molecule has 118 valence electrons. The van der Waals surface area contributed by atoms with Crippen LogP contribution in [0.25, 0.3) is 10.9 Å². The lowest BCUT2D eigenvalue weighted by Gasteiger charge is -2.30. The first-order chi connectivity index (χ1) is 10.6. The molecule has 1 saturated heterocycles. The van der Waals surface area contributed by atoms with Gasteiger partial charge < -0.3 is 5.32 Å². The van der Waals surface area contributed by atoms with E-state index in [1.165, 1.54) is 0 Å². The summed E-state index contributed by atoms with van der Waals surface area (Å²) in [6.07, 6.45) is 2.52. The topological polar surface area (TPSA) is 71.1 Å². The van der Waals surface area contributed by atoms with Crippen LogP contribution < -0.4 is 10.0 Å². The molecule has 0 radical (unpaired) electrons. The highest BCUT2D eigenvalue weighted by Crippen LogP contribution is 2.19. The summed E-state index contributed by atoms with van der Waals surface area (Å²) in [7, 11) is -3.38. The second-order valence-electron chi connectivity index (χ2n) is 5.95. The summed E-state index contributed by atoms with van der Waals surface area (Å²) in [5.74, 6) is 0.270. The number of pyridine rings is 1. The van der Waals surface area contributed by atoms with Gasteiger partial charge >= 0.3 is 0 Å². The molecule has 1 aliphatic rings. The molecule has 2 aromatic rings. The average Bonchev–Trinajstić information content (AvgIpc) is 2.49. The van der Waals surface area contributed by atoms with Gasteiger partial charge in [-0.2, -0.15) is 0 Å². The van der Waals surface area contributed by atoms with E-state index >= 15 is 0 Å². The maximum atomic E-state index is 12.5. The number of piperidine rings is 1. The molecule has 2 N–H and O–H groups in total. The smallest absolute Gasteiger partial charge is 0.216 e. The van der Waals surface area contributed by atoms with Crippen molar-refractivity contribution in [1.29, 1.82) is 0 Å². The zero-order valence-electron chi connectivity index (χ0n) is 12.6. The molecule has 2 atom stereocenters. The molecule has 6 heteroatoms. The fourth-order valence-corrected chi connectivity index (χ4v) is 4.49. The van der Waals surface area contributed by atoms with E-state index in [2.05, 4.69) is 21.9 Å². The number of hydrogen-bond donors (Lipinski definition) is 2. The van der Waals surface area contributed by atoms with Gasteiger partial charge in [0, 0.05) is 17.6 Å². The molecule has 0 aliphatic carbocycles. The van der Waals surface area contributed by atoms with Crippen molar-refractivity contribution in [2.75, 3.05) is 13.1 Å². The van der Waals surface area contributed by atoms with Gasteiger partial charge in [-0.3, -0.25) is 4.98 Å². The first-order valence-corrected chi connectivity index (χ1v) is 9.24. The Hall–Kier alpha value is -1.50. The zero-order chi connectivity index (χ0) is 15.6. The molecule has 1 aliphatic heterocycles. The molecule has 2 unspecified atom stereocenters. The molecule has 1 fully saturated rings. The molecule has 0 spiro atoms. The van der Waals surface area contributed by atoms with E-state index in [1.807, 2.05) is 30.3 Å². The van der Waals surface area contributed by atoms with Crippen molar-refractivity contribution >= 4 is 20.9 Å². The summed E-state index contributed by atoms with van der Waals surface area (Å²) in [5, 5.41) is 4.24. The molecule has 0 amide bonds. The number of sulfonamides is 1. The van der Waals surface area contributed by atoms with Crippen LogP contribution in [0.5, 0.6) is 0 Å². The molecule has 2 heterocycles. The second kappa shape index (κ2) is 6.32. The van der Waals surface area contributed by atoms with Crippen molar-refractivity contribution in [3.63, 3.8) is 0 Å². The molecule has 22 heavy (non-hydrogen) atoms. The Labute approximate surface area is 131 Å². The number of rotatable bonds is 4. The third-order valence-electron chi connectivity index (χ3n) is 4.18. The molecule has 0 bridgehead atoms. The number of fused-ring (bicyclic) bond motifs is 1. The van der Waals surface area contributed by atoms with Gasteiger partial charge in [0.15, 0.2) is 0 Å². The van der Waals surface area contributed by atoms with Crippen molar-refractivity contribution < 1.29 is 8.42 Å². The number of hydrogen-bond acceptors (Lipinski definition) is 4. The Kier molecular flexibility index (Phi) is 4.42. The maximum absolute atomic E-state index is 12.5. The molecular weight excluding hydrogens is 298 g/mol. The lowest BCUT2D eigenvalue weighted by atomic mass is 9.97. The lowest BCUT2D eigenvalue weighted by molar-refractivity contribution is 0.328. The van der Waals surface area contributed by atoms with Crippen molar-refractivity contribution in [2.45, 2.75) is 25.1 Å². The summed E-state index contributed by atoms with van der Waals surface area (Å²) in [5.41, 5.74) is 1.50. The monoisotopic (exact) mass is 319 g/mol. The minimum atomic E-state index is -3.38. The van der Waals surface area contributed by atoms with Gasteiger partial charge in [-0.1, -0.05) is 31.2 Å². The van der Waals surface area contributed by atoms with Crippen LogP contribution in [0.3, 0.4) is 0 Å². The van der Waals surface area contributed by atoms with Crippen molar-refractivity contribution in [2.24, 2.45) is 5.92 Å². The van der Waals surface area contributed by atoms with E-state index in [9.17, 15) is 8.42 Å². The number of nitrogens with one attached hydrogen (secondary N) is 2. The Morgan fingerprint density at radius 1 is 1.32 bits per heavy atom. The van der Waals surface area contributed by atoms with Gasteiger partial charge in [-0.05, 0) is 37.1 Å². The van der Waals surface area contributed by atoms with Crippen molar-refractivity contribution in [3.8, 4) is 0 Å². The summed E-state index contributed by atoms with van der Waals surface area (Å²) < 4.78 is 27.9. The normalized spacial score (nSPS) is 22.8. The van der Waals surface area contributed by atoms with E-state index < -0.39 is 10.0 Å². The fraction of sp³-hybridized carbons (Fsp3) is 0.438. The Balaban J connectivity index is 1.81. The van der Waals surface area contributed by atoms with Crippen LogP contribution in [0.1, 0.15) is 18.9 Å². The van der Waals surface area contributed by atoms with Crippen LogP contribution in [0, 0.1) is 5.92 Å². The summed E-state index contributed by atoms with van der Waals surface area (Å²) in [6.45, 7) is 3.77. The standard InChI is InChI=1S/C16H21N3O2S/c1-12-10-17-9-7-15(12)19-22(20,21)11-14-5-2-4-13-6-3-8-18-16(13)14/h2-6,8,12,15,17,19H,7,9-11H2,1H3. The van der Waals surface area contributed by atoms with Gasteiger partial charge in [-0.25, -0.2) is 13.1 Å². The maximum Gasteiger partial charge on any atom is 0.216 e. The Morgan fingerprint density at radius 2 is 2.14 bits per heavy atom. The minimum Gasteiger partial charge on any atom is -0.316 e. The van der Waals surface area contributed by atoms with Crippen LogP contribution in [0.4, 0.5) is 0 Å². The highest BCUT2D eigenvalue weighted by molar-refractivity contribution is 7.88. The average molecular weight is 319 g/mol. The molecular formula is C16H21N3O2S. The molecule has 3 rings (SSSR count). The zero-order valence-corrected chi connectivity index (χ0v) is 13.4. The fourth-order valence-electron chi connectivity index (χ4n) is 2.95. The van der Waals surface area contributed by atoms with Crippen LogP contribution in [-0.4, -0.2) is 32.5 Å². The first kappa shape index (κ1) is 15.4. The van der Waals surface area contributed by atoms with Crippen LogP contribution >= 0.6 is 0 Å². The van der Waals surface area contributed by atoms with Gasteiger partial charge in [0.25, 0.3) is 0 Å². The van der Waals surface area contributed by atoms with E-state index in [0.717, 1.165) is 36.0 Å². The van der Waals surface area contributed by atoms with Crippen LogP contribution in [0.2, 0.25) is 0 Å². The molecule has 5 nitrogen and oxygen atoms in total. The highest BCUT2D eigenvalue weighted by atomic mass is 32.2. The highest BCUT2D eigenvalue weighted by Gasteiger charge is 2.26. The Bertz CT molecular complexity index is 756. The van der Waals surface area contributed by atoms with E-state index in [1.54, 1.807) is 6.20 Å². The predicted molar refractivity (Wildman–Crippen MR) is 87.9 cm³/mol. The van der Waals surface area contributed by atoms with Crippen molar-refractivity contribution in [1.82, 2.24) is 15.0 Å². The van der Waals surface area contributed by atoms with E-state index in [-0.39, 0.29) is 11.8 Å². The van der Waals surface area contributed by atoms with Gasteiger partial charge in [0.05, 0.1) is 11.3 Å². The second-order valence-corrected chi connectivity index (χ2v) is 7.70. The van der Waals surface area contributed by atoms with E-state index in [0.29, 0.717) is 5.92 Å². The van der Waals surface area contributed by atoms with E-state index in [4.69, 9.17) is 0 Å². The van der Waals surface area contributed by atoms with Gasteiger partial charge in [0.1, 0.15) is 0 Å². The van der Waals surface area contributed by atoms with Crippen LogP contribution in [-0.2, 0) is 15.8 Å². The summed E-state index contributed by atoms with van der Waals surface area (Å²) >= 11 is 0. The molecule has 1 aromatic heterocycles. The Morgan fingerprint density at radius 3 is 2.95 bits per heavy atom. The summed E-state index contributed by atoms with van der Waals surface area (Å²) in [4.78, 5) is 4.32. The minimum absolute atomic E-state index is 0.00851.